The first-order valence-electron chi connectivity index (χ1n) is 7.11. The van der Waals surface area contributed by atoms with Gasteiger partial charge in [0.05, 0.1) is 0 Å². The molecule has 3 atom stereocenters. The van der Waals surface area contributed by atoms with Gasteiger partial charge in [-0.05, 0) is 43.2 Å². The van der Waals surface area contributed by atoms with Crippen molar-refractivity contribution >= 4 is 22.9 Å². The highest BCUT2D eigenvalue weighted by Gasteiger charge is 2.27. The van der Waals surface area contributed by atoms with E-state index >= 15 is 0 Å². The Morgan fingerprint density at radius 2 is 2.00 bits per heavy atom. The number of thiocarbonyl (C=S) groups is 1. The van der Waals surface area contributed by atoms with Crippen LogP contribution in [0.4, 0.5) is 5.69 Å². The Balaban J connectivity index is 2.13. The Bertz CT molecular complexity index is 458. The lowest BCUT2D eigenvalue weighted by molar-refractivity contribution is 0.247. The number of hydrogen-bond donors (Lipinski definition) is 1. The monoisotopic (exact) mass is 276 g/mol. The number of nitrogens with zero attached hydrogens (tertiary/aromatic N) is 1. The van der Waals surface area contributed by atoms with Crippen LogP contribution in [0.15, 0.2) is 24.3 Å². The first kappa shape index (κ1) is 14.3. The number of rotatable bonds is 3. The largest absolute Gasteiger partial charge is 0.389 e. The van der Waals surface area contributed by atoms with Crippen molar-refractivity contribution in [1.82, 2.24) is 0 Å². The van der Waals surface area contributed by atoms with E-state index in [0.29, 0.717) is 11.0 Å². The van der Waals surface area contributed by atoms with Crippen molar-refractivity contribution in [1.29, 1.82) is 0 Å². The molecule has 2 N–H and O–H groups in total. The second-order valence-corrected chi connectivity index (χ2v) is 6.39. The molecule has 19 heavy (non-hydrogen) atoms. The Morgan fingerprint density at radius 3 is 2.63 bits per heavy atom. The SMILES string of the molecule is CC1CCC(N(C)c2cccc(C(N)=S)c2)CC1C. The molecule has 0 aliphatic heterocycles. The molecule has 0 aromatic heterocycles. The Labute approximate surface area is 122 Å². The van der Waals surface area contributed by atoms with E-state index in [4.69, 9.17) is 18.0 Å². The van der Waals surface area contributed by atoms with E-state index in [1.807, 2.05) is 12.1 Å². The van der Waals surface area contributed by atoms with E-state index in [0.717, 1.165) is 17.4 Å². The van der Waals surface area contributed by atoms with E-state index in [-0.39, 0.29) is 0 Å². The lowest BCUT2D eigenvalue weighted by Gasteiger charge is -2.38. The van der Waals surface area contributed by atoms with Gasteiger partial charge in [-0.25, -0.2) is 0 Å². The average molecular weight is 276 g/mol. The average Bonchev–Trinajstić information content (AvgIpc) is 2.41. The zero-order valence-electron chi connectivity index (χ0n) is 12.1. The molecule has 3 heteroatoms. The molecule has 1 aromatic carbocycles. The van der Waals surface area contributed by atoms with Crippen molar-refractivity contribution in [3.05, 3.63) is 29.8 Å². The fourth-order valence-corrected chi connectivity index (χ4v) is 3.09. The maximum atomic E-state index is 5.71. The van der Waals surface area contributed by atoms with Crippen LogP contribution in [0, 0.1) is 11.8 Å². The summed E-state index contributed by atoms with van der Waals surface area (Å²) in [5.41, 5.74) is 7.89. The van der Waals surface area contributed by atoms with Gasteiger partial charge in [-0.15, -0.1) is 0 Å². The number of anilines is 1. The van der Waals surface area contributed by atoms with Crippen LogP contribution >= 0.6 is 12.2 Å². The second-order valence-electron chi connectivity index (χ2n) is 5.95. The minimum absolute atomic E-state index is 0.473. The van der Waals surface area contributed by atoms with Crippen molar-refractivity contribution in [2.45, 2.75) is 39.2 Å². The molecule has 2 nitrogen and oxygen atoms in total. The van der Waals surface area contributed by atoms with Crippen LogP contribution in [0.5, 0.6) is 0 Å². The van der Waals surface area contributed by atoms with Gasteiger partial charge in [0.1, 0.15) is 4.99 Å². The Hall–Kier alpha value is -1.09. The molecule has 0 spiro atoms. The molecule has 1 fully saturated rings. The van der Waals surface area contributed by atoms with Gasteiger partial charge in [0.25, 0.3) is 0 Å². The summed E-state index contributed by atoms with van der Waals surface area (Å²) >= 11 is 5.06. The Kier molecular flexibility index (Phi) is 4.46. The number of benzene rings is 1. The zero-order chi connectivity index (χ0) is 14.0. The summed E-state index contributed by atoms with van der Waals surface area (Å²) in [6.45, 7) is 4.74. The summed E-state index contributed by atoms with van der Waals surface area (Å²) in [4.78, 5) is 2.87. The molecule has 0 bridgehead atoms. The van der Waals surface area contributed by atoms with Gasteiger partial charge in [0, 0.05) is 24.3 Å². The number of hydrogen-bond acceptors (Lipinski definition) is 2. The fourth-order valence-electron chi connectivity index (χ4n) is 2.96. The summed E-state index contributed by atoms with van der Waals surface area (Å²) in [5.74, 6) is 1.66. The van der Waals surface area contributed by atoms with Gasteiger partial charge in [0.15, 0.2) is 0 Å². The van der Waals surface area contributed by atoms with Crippen molar-refractivity contribution in [3.8, 4) is 0 Å². The van der Waals surface area contributed by atoms with Gasteiger partial charge >= 0.3 is 0 Å². The van der Waals surface area contributed by atoms with Crippen LogP contribution in [0.25, 0.3) is 0 Å². The quantitative estimate of drug-likeness (QED) is 0.856. The molecular formula is C16H24N2S. The summed E-state index contributed by atoms with van der Waals surface area (Å²) in [5, 5.41) is 0. The van der Waals surface area contributed by atoms with Crippen molar-refractivity contribution < 1.29 is 0 Å². The van der Waals surface area contributed by atoms with Crippen LogP contribution in [0.1, 0.15) is 38.7 Å². The molecule has 1 aromatic rings. The normalized spacial score (nSPS) is 27.0. The molecule has 2 rings (SSSR count). The molecule has 0 radical (unpaired) electrons. The van der Waals surface area contributed by atoms with Crippen LogP contribution in [-0.4, -0.2) is 18.1 Å². The fraction of sp³-hybridized carbons (Fsp3) is 0.562. The van der Waals surface area contributed by atoms with E-state index in [1.165, 1.54) is 24.9 Å². The van der Waals surface area contributed by atoms with Gasteiger partial charge in [-0.2, -0.15) is 0 Å². The van der Waals surface area contributed by atoms with Crippen LogP contribution in [0.2, 0.25) is 0 Å². The molecular weight excluding hydrogens is 252 g/mol. The highest BCUT2D eigenvalue weighted by atomic mass is 32.1. The van der Waals surface area contributed by atoms with Gasteiger partial charge in [-0.3, -0.25) is 0 Å². The molecule has 0 saturated heterocycles. The lowest BCUT2D eigenvalue weighted by Crippen LogP contribution is -2.37. The minimum atomic E-state index is 0.473. The summed E-state index contributed by atoms with van der Waals surface area (Å²) in [6, 6.07) is 8.89. The third kappa shape index (κ3) is 3.27. The smallest absolute Gasteiger partial charge is 0.104 e. The molecule has 0 heterocycles. The minimum Gasteiger partial charge on any atom is -0.389 e. The highest BCUT2D eigenvalue weighted by molar-refractivity contribution is 7.80. The summed E-state index contributed by atoms with van der Waals surface area (Å²) < 4.78 is 0. The van der Waals surface area contributed by atoms with E-state index in [1.54, 1.807) is 0 Å². The molecule has 0 amide bonds. The van der Waals surface area contributed by atoms with Crippen molar-refractivity contribution in [3.63, 3.8) is 0 Å². The molecule has 3 unspecified atom stereocenters. The van der Waals surface area contributed by atoms with Gasteiger partial charge in [0.2, 0.25) is 0 Å². The Morgan fingerprint density at radius 1 is 1.26 bits per heavy atom. The molecule has 1 saturated carbocycles. The maximum absolute atomic E-state index is 5.71. The van der Waals surface area contributed by atoms with Crippen molar-refractivity contribution in [2.24, 2.45) is 17.6 Å². The lowest BCUT2D eigenvalue weighted by atomic mass is 9.78. The third-order valence-corrected chi connectivity index (χ3v) is 4.89. The maximum Gasteiger partial charge on any atom is 0.104 e. The molecule has 1 aliphatic rings. The number of nitrogens with two attached hydrogens (primary N) is 1. The first-order valence-corrected chi connectivity index (χ1v) is 7.52. The molecule has 1 aliphatic carbocycles. The van der Waals surface area contributed by atoms with E-state index in [9.17, 15) is 0 Å². The third-order valence-electron chi connectivity index (χ3n) is 4.66. The van der Waals surface area contributed by atoms with Crippen LogP contribution < -0.4 is 10.6 Å². The standard InChI is InChI=1S/C16H24N2S/c1-11-7-8-15(9-12(11)2)18(3)14-6-4-5-13(10-14)16(17)19/h4-6,10-12,15H,7-9H2,1-3H3,(H2,17,19). The highest BCUT2D eigenvalue weighted by Crippen LogP contribution is 2.33. The summed E-state index contributed by atoms with van der Waals surface area (Å²) in [6.07, 6.45) is 3.87. The van der Waals surface area contributed by atoms with Gasteiger partial charge < -0.3 is 10.6 Å². The topological polar surface area (TPSA) is 29.3 Å². The van der Waals surface area contributed by atoms with E-state index < -0.39 is 0 Å². The summed E-state index contributed by atoms with van der Waals surface area (Å²) in [7, 11) is 2.19. The predicted octanol–water partition coefficient (Wildman–Crippen LogP) is 3.58. The van der Waals surface area contributed by atoms with Crippen LogP contribution in [0.3, 0.4) is 0 Å². The van der Waals surface area contributed by atoms with Crippen LogP contribution in [-0.2, 0) is 0 Å². The first-order chi connectivity index (χ1) is 8.99. The molecule has 104 valence electrons. The van der Waals surface area contributed by atoms with Gasteiger partial charge in [-0.1, -0.05) is 38.2 Å². The predicted molar refractivity (Wildman–Crippen MR) is 86.7 cm³/mol. The zero-order valence-corrected chi connectivity index (χ0v) is 12.9. The van der Waals surface area contributed by atoms with Crippen molar-refractivity contribution in [2.75, 3.05) is 11.9 Å². The van der Waals surface area contributed by atoms with E-state index in [2.05, 4.69) is 37.9 Å². The second kappa shape index (κ2) is 5.91.